The van der Waals surface area contributed by atoms with Crippen molar-refractivity contribution < 1.29 is 14.0 Å². The minimum absolute atomic E-state index is 0.0525. The molecule has 0 N–H and O–H groups in total. The smallest absolute Gasteiger partial charge is 0.332 e. The number of hydrogen-bond donors (Lipinski definition) is 0. The van der Waals surface area contributed by atoms with E-state index in [4.69, 9.17) is 4.42 Å². The number of fused-ring (bicyclic) bond motifs is 1. The number of rotatable bonds is 3. The van der Waals surface area contributed by atoms with Crippen LogP contribution in [-0.2, 0) is 25.4 Å². The van der Waals surface area contributed by atoms with Crippen molar-refractivity contribution in [3.63, 3.8) is 0 Å². The van der Waals surface area contributed by atoms with Gasteiger partial charge in [0.1, 0.15) is 12.2 Å². The highest BCUT2D eigenvalue weighted by Gasteiger charge is 2.26. The molecular formula is C18H20N6O5. The molecule has 4 rings (SSSR count). The average Bonchev–Trinajstić information content (AvgIpc) is 3.40. The number of nitrogens with zero attached hydrogens (tertiary/aromatic N) is 6. The molecule has 0 radical (unpaired) electrons. The van der Waals surface area contributed by atoms with Crippen LogP contribution in [0.2, 0.25) is 0 Å². The number of hydrogen-bond acceptors (Lipinski definition) is 6. The van der Waals surface area contributed by atoms with Crippen molar-refractivity contribution in [2.24, 2.45) is 14.1 Å². The molecule has 0 aliphatic carbocycles. The van der Waals surface area contributed by atoms with Gasteiger partial charge in [0.15, 0.2) is 11.3 Å². The van der Waals surface area contributed by atoms with Crippen molar-refractivity contribution in [1.29, 1.82) is 0 Å². The van der Waals surface area contributed by atoms with E-state index in [9.17, 15) is 19.2 Å². The maximum Gasteiger partial charge on any atom is 0.332 e. The van der Waals surface area contributed by atoms with E-state index in [2.05, 4.69) is 4.98 Å². The van der Waals surface area contributed by atoms with E-state index in [1.165, 1.54) is 35.8 Å². The fourth-order valence-electron chi connectivity index (χ4n) is 3.52. The lowest BCUT2D eigenvalue weighted by molar-refractivity contribution is -0.133. The van der Waals surface area contributed by atoms with Gasteiger partial charge in [-0.2, -0.15) is 0 Å². The summed E-state index contributed by atoms with van der Waals surface area (Å²) in [4.78, 5) is 56.9. The lowest BCUT2D eigenvalue weighted by Gasteiger charge is -2.34. The molecule has 11 heteroatoms. The molecule has 0 atom stereocenters. The Morgan fingerprint density at radius 3 is 2.41 bits per heavy atom. The van der Waals surface area contributed by atoms with E-state index in [-0.39, 0.29) is 29.6 Å². The molecule has 152 valence electrons. The number of aryl methyl sites for hydroxylation is 1. The van der Waals surface area contributed by atoms with Crippen LogP contribution in [0.25, 0.3) is 11.2 Å². The van der Waals surface area contributed by atoms with Crippen molar-refractivity contribution in [3.8, 4) is 0 Å². The monoisotopic (exact) mass is 400 g/mol. The summed E-state index contributed by atoms with van der Waals surface area (Å²) in [6.07, 6.45) is 2.84. The highest BCUT2D eigenvalue weighted by atomic mass is 16.3. The number of furan rings is 1. The van der Waals surface area contributed by atoms with Crippen molar-refractivity contribution in [3.05, 3.63) is 51.3 Å². The Morgan fingerprint density at radius 2 is 1.76 bits per heavy atom. The summed E-state index contributed by atoms with van der Waals surface area (Å²) >= 11 is 0. The minimum atomic E-state index is -0.501. The summed E-state index contributed by atoms with van der Waals surface area (Å²) in [5, 5.41) is 0. The summed E-state index contributed by atoms with van der Waals surface area (Å²) < 4.78 is 8.92. The lowest BCUT2D eigenvalue weighted by Crippen LogP contribution is -2.51. The summed E-state index contributed by atoms with van der Waals surface area (Å²) in [7, 11) is 2.92. The summed E-state index contributed by atoms with van der Waals surface area (Å²) in [5.74, 6) is -0.103. The van der Waals surface area contributed by atoms with Gasteiger partial charge >= 0.3 is 5.69 Å². The van der Waals surface area contributed by atoms with Crippen LogP contribution in [0.4, 0.5) is 0 Å². The maximum atomic E-state index is 12.7. The molecule has 1 aliphatic rings. The van der Waals surface area contributed by atoms with Crippen LogP contribution in [-0.4, -0.2) is 66.5 Å². The Hall–Kier alpha value is -3.63. The molecule has 0 aromatic carbocycles. The number of aromatic nitrogens is 4. The normalized spacial score (nSPS) is 14.6. The SMILES string of the molecule is Cn1c(=O)c2ncn(CC(=O)N3CCN(C(=O)c4ccco4)CC3)c2n(C)c1=O. The number of piperazine rings is 1. The summed E-state index contributed by atoms with van der Waals surface area (Å²) in [5.41, 5.74) is -0.546. The third-order valence-electron chi connectivity index (χ3n) is 5.17. The van der Waals surface area contributed by atoms with Crippen LogP contribution in [0.3, 0.4) is 0 Å². The maximum absolute atomic E-state index is 12.7. The van der Waals surface area contributed by atoms with E-state index in [1.54, 1.807) is 21.9 Å². The van der Waals surface area contributed by atoms with E-state index < -0.39 is 11.2 Å². The van der Waals surface area contributed by atoms with Crippen LogP contribution < -0.4 is 11.2 Å². The number of carbonyl (C=O) groups excluding carboxylic acids is 2. The number of carbonyl (C=O) groups is 2. The van der Waals surface area contributed by atoms with Crippen molar-refractivity contribution in [2.75, 3.05) is 26.2 Å². The molecule has 29 heavy (non-hydrogen) atoms. The molecule has 1 saturated heterocycles. The van der Waals surface area contributed by atoms with Gasteiger partial charge < -0.3 is 18.8 Å². The molecule has 4 heterocycles. The Balaban J connectivity index is 1.48. The van der Waals surface area contributed by atoms with Crippen LogP contribution in [0.15, 0.2) is 38.7 Å². The van der Waals surface area contributed by atoms with Gasteiger partial charge in [0.05, 0.1) is 12.6 Å². The molecule has 3 aromatic heterocycles. The number of amides is 2. The first-order valence-electron chi connectivity index (χ1n) is 9.10. The van der Waals surface area contributed by atoms with E-state index in [1.807, 2.05) is 0 Å². The zero-order chi connectivity index (χ0) is 20.7. The zero-order valence-electron chi connectivity index (χ0n) is 16.1. The lowest BCUT2D eigenvalue weighted by atomic mass is 10.2. The first kappa shape index (κ1) is 18.7. The van der Waals surface area contributed by atoms with Crippen molar-refractivity contribution in [2.45, 2.75) is 6.54 Å². The van der Waals surface area contributed by atoms with Gasteiger partial charge in [0, 0.05) is 40.3 Å². The second-order valence-electron chi connectivity index (χ2n) is 6.90. The fourth-order valence-corrected chi connectivity index (χ4v) is 3.52. The predicted octanol–water partition coefficient (Wildman–Crippen LogP) is -0.989. The standard InChI is InChI=1S/C18H20N6O5/c1-20-15-14(17(27)21(2)18(20)28)19-11-24(15)10-13(25)22-5-7-23(8-6-22)16(26)12-4-3-9-29-12/h3-4,9,11H,5-8,10H2,1-2H3. The first-order valence-corrected chi connectivity index (χ1v) is 9.10. The van der Waals surface area contributed by atoms with Crippen LogP contribution >= 0.6 is 0 Å². The van der Waals surface area contributed by atoms with Gasteiger partial charge in [0.25, 0.3) is 11.5 Å². The average molecular weight is 400 g/mol. The minimum Gasteiger partial charge on any atom is -0.459 e. The van der Waals surface area contributed by atoms with Crippen LogP contribution in [0, 0.1) is 0 Å². The van der Waals surface area contributed by atoms with E-state index >= 15 is 0 Å². The summed E-state index contributed by atoms with van der Waals surface area (Å²) in [6.45, 7) is 1.52. The topological polar surface area (TPSA) is 116 Å². The van der Waals surface area contributed by atoms with Crippen molar-refractivity contribution >= 4 is 23.0 Å². The highest BCUT2D eigenvalue weighted by Crippen LogP contribution is 2.11. The molecule has 0 bridgehead atoms. The third-order valence-corrected chi connectivity index (χ3v) is 5.17. The molecule has 0 saturated carbocycles. The first-order chi connectivity index (χ1) is 13.9. The molecule has 2 amide bonds. The molecular weight excluding hydrogens is 380 g/mol. The number of imidazole rings is 1. The Labute approximate surface area is 164 Å². The Kier molecular flexibility index (Phi) is 4.57. The molecule has 1 fully saturated rings. The fraction of sp³-hybridized carbons (Fsp3) is 0.389. The Bertz CT molecular complexity index is 1190. The second kappa shape index (κ2) is 7.08. The molecule has 1 aliphatic heterocycles. The zero-order valence-corrected chi connectivity index (χ0v) is 16.1. The van der Waals surface area contributed by atoms with Gasteiger partial charge in [-0.15, -0.1) is 0 Å². The molecule has 11 nitrogen and oxygen atoms in total. The van der Waals surface area contributed by atoms with E-state index in [0.717, 1.165) is 4.57 Å². The third kappa shape index (κ3) is 3.13. The van der Waals surface area contributed by atoms with Gasteiger partial charge in [-0.25, -0.2) is 9.78 Å². The van der Waals surface area contributed by atoms with E-state index in [0.29, 0.717) is 31.8 Å². The largest absolute Gasteiger partial charge is 0.459 e. The van der Waals surface area contributed by atoms with Gasteiger partial charge in [-0.05, 0) is 12.1 Å². The molecule has 3 aromatic rings. The van der Waals surface area contributed by atoms with Crippen LogP contribution in [0.5, 0.6) is 0 Å². The van der Waals surface area contributed by atoms with Gasteiger partial charge in [-0.1, -0.05) is 0 Å². The second-order valence-corrected chi connectivity index (χ2v) is 6.90. The summed E-state index contributed by atoms with van der Waals surface area (Å²) in [6, 6.07) is 3.27. The van der Waals surface area contributed by atoms with Gasteiger partial charge in [-0.3, -0.25) is 23.5 Å². The molecule has 0 unspecified atom stereocenters. The van der Waals surface area contributed by atoms with Crippen LogP contribution in [0.1, 0.15) is 10.6 Å². The highest BCUT2D eigenvalue weighted by molar-refractivity contribution is 5.91. The predicted molar refractivity (Wildman–Crippen MR) is 101 cm³/mol. The van der Waals surface area contributed by atoms with Crippen molar-refractivity contribution in [1.82, 2.24) is 28.5 Å². The Morgan fingerprint density at radius 1 is 1.07 bits per heavy atom. The molecule has 0 spiro atoms. The van der Waals surface area contributed by atoms with Gasteiger partial charge in [0.2, 0.25) is 5.91 Å². The quantitative estimate of drug-likeness (QED) is 0.558.